The second-order valence-corrected chi connectivity index (χ2v) is 2.44. The predicted molar refractivity (Wildman–Crippen MR) is 39.5 cm³/mol. The molecule has 1 unspecified atom stereocenters. The van der Waals surface area contributed by atoms with E-state index in [0.717, 1.165) is 5.57 Å². The Morgan fingerprint density at radius 3 is 2.38 bits per heavy atom. The Labute approximate surface area is 60.5 Å². The fourth-order valence-electron chi connectivity index (χ4n) is 0.229. The van der Waals surface area contributed by atoms with Crippen molar-refractivity contribution in [2.75, 3.05) is 5.88 Å². The molecule has 0 heterocycles. The molecular weight excluding hydrogens is 143 g/mol. The summed E-state index contributed by atoms with van der Waals surface area (Å²) in [5.41, 5.74) is 2.72. The van der Waals surface area contributed by atoms with Gasteiger partial charge in [0.25, 0.3) is 0 Å². The van der Waals surface area contributed by atoms with Gasteiger partial charge in [0.05, 0.1) is 0 Å². The molecule has 0 bridgehead atoms. The van der Waals surface area contributed by atoms with Crippen LogP contribution in [-0.2, 0) is 0 Å². The van der Waals surface area contributed by atoms with Gasteiger partial charge in [-0.3, -0.25) is 0 Å². The molecule has 0 nitrogen and oxygen atoms in total. The van der Waals surface area contributed by atoms with Crippen molar-refractivity contribution in [3.05, 3.63) is 11.1 Å². The Morgan fingerprint density at radius 2 is 2.25 bits per heavy atom. The molecule has 0 aliphatic carbocycles. The summed E-state index contributed by atoms with van der Waals surface area (Å²) in [5.74, 6) is 1.06. The summed E-state index contributed by atoms with van der Waals surface area (Å²) in [7, 11) is 0. The minimum Gasteiger partial charge on any atom is -0.126 e. The third-order valence-electron chi connectivity index (χ3n) is 1.18. The zero-order chi connectivity index (χ0) is 6.57. The Hall–Kier alpha value is 0.320. The first kappa shape index (κ1) is 8.32. The van der Waals surface area contributed by atoms with Gasteiger partial charge in [-0.05, 0) is 12.8 Å². The van der Waals surface area contributed by atoms with E-state index in [-0.39, 0.29) is 0 Å². The molecule has 1 atom stereocenters. The van der Waals surface area contributed by atoms with E-state index in [9.17, 15) is 0 Å². The van der Waals surface area contributed by atoms with E-state index in [1.54, 1.807) is 5.54 Å². The fourth-order valence-corrected chi connectivity index (χ4v) is 0.688. The minimum absolute atomic E-state index is 0.411. The summed E-state index contributed by atoms with van der Waals surface area (Å²) in [6.07, 6.45) is 0. The van der Waals surface area contributed by atoms with Crippen molar-refractivity contribution in [2.24, 2.45) is 5.92 Å². The second-order valence-electron chi connectivity index (χ2n) is 1.91. The molecule has 0 N–H and O–H groups in total. The van der Waals surface area contributed by atoms with Gasteiger partial charge in [0, 0.05) is 11.4 Å². The Kier molecular flexibility index (Phi) is 4.39. The van der Waals surface area contributed by atoms with E-state index in [4.69, 9.17) is 23.2 Å². The van der Waals surface area contributed by atoms with Crippen molar-refractivity contribution in [3.8, 4) is 0 Å². The highest BCUT2D eigenvalue weighted by Crippen LogP contribution is 2.11. The van der Waals surface area contributed by atoms with Crippen molar-refractivity contribution < 1.29 is 0 Å². The lowest BCUT2D eigenvalue weighted by atomic mass is 10.1. The van der Waals surface area contributed by atoms with Gasteiger partial charge in [-0.2, -0.15) is 0 Å². The molecule has 48 valence electrons. The van der Waals surface area contributed by atoms with Gasteiger partial charge in [0.1, 0.15) is 0 Å². The van der Waals surface area contributed by atoms with Crippen molar-refractivity contribution in [1.29, 1.82) is 0 Å². The van der Waals surface area contributed by atoms with E-state index in [0.29, 0.717) is 11.8 Å². The van der Waals surface area contributed by atoms with Crippen LogP contribution in [0.3, 0.4) is 0 Å². The van der Waals surface area contributed by atoms with Crippen LogP contribution in [0.2, 0.25) is 0 Å². The monoisotopic (exact) mass is 152 g/mol. The van der Waals surface area contributed by atoms with Crippen LogP contribution in [0.5, 0.6) is 0 Å². The zero-order valence-corrected chi connectivity index (χ0v) is 6.63. The molecule has 0 saturated carbocycles. The molecule has 2 heteroatoms. The molecular formula is C6H10Cl2. The quantitative estimate of drug-likeness (QED) is 0.535. The normalized spacial score (nSPS) is 16.2. The molecule has 0 aliphatic heterocycles. The lowest BCUT2D eigenvalue weighted by Gasteiger charge is -2.03. The van der Waals surface area contributed by atoms with E-state index >= 15 is 0 Å². The van der Waals surface area contributed by atoms with Crippen LogP contribution in [0.1, 0.15) is 13.8 Å². The maximum atomic E-state index is 5.53. The number of rotatable bonds is 2. The number of hydrogen-bond acceptors (Lipinski definition) is 0. The van der Waals surface area contributed by atoms with Crippen LogP contribution in [-0.4, -0.2) is 5.88 Å². The summed E-state index contributed by atoms with van der Waals surface area (Å²) in [5, 5.41) is 0. The summed E-state index contributed by atoms with van der Waals surface area (Å²) in [6, 6.07) is 0. The molecule has 0 aromatic carbocycles. The lowest BCUT2D eigenvalue weighted by molar-refractivity contribution is 0.780. The molecule has 0 aromatic rings. The average Bonchev–Trinajstić information content (AvgIpc) is 1.84. The van der Waals surface area contributed by atoms with Crippen molar-refractivity contribution in [3.63, 3.8) is 0 Å². The fraction of sp³-hybridized carbons (Fsp3) is 0.667. The molecule has 0 rings (SSSR count). The van der Waals surface area contributed by atoms with Gasteiger partial charge < -0.3 is 0 Å². The van der Waals surface area contributed by atoms with Crippen molar-refractivity contribution in [2.45, 2.75) is 13.8 Å². The smallest absolute Gasteiger partial charge is 0.0286 e. The maximum Gasteiger partial charge on any atom is 0.0286 e. The zero-order valence-electron chi connectivity index (χ0n) is 5.12. The Morgan fingerprint density at radius 1 is 1.75 bits per heavy atom. The van der Waals surface area contributed by atoms with Gasteiger partial charge in [-0.1, -0.05) is 24.1 Å². The first-order valence-corrected chi connectivity index (χ1v) is 3.52. The summed E-state index contributed by atoms with van der Waals surface area (Å²) >= 11 is 10.9. The summed E-state index contributed by atoms with van der Waals surface area (Å²) in [4.78, 5) is 0. The Balaban J connectivity index is 3.63. The third kappa shape index (κ3) is 2.58. The second kappa shape index (κ2) is 4.22. The van der Waals surface area contributed by atoms with Gasteiger partial charge >= 0.3 is 0 Å². The number of alkyl halides is 1. The first-order chi connectivity index (χ1) is 3.72. The predicted octanol–water partition coefficient (Wildman–Crippen LogP) is 3.00. The molecule has 0 aromatic heterocycles. The van der Waals surface area contributed by atoms with Crippen LogP contribution in [0.15, 0.2) is 11.1 Å². The van der Waals surface area contributed by atoms with Crippen LogP contribution in [0.4, 0.5) is 0 Å². The number of allylic oxidation sites excluding steroid dienone is 1. The van der Waals surface area contributed by atoms with E-state index in [2.05, 4.69) is 0 Å². The van der Waals surface area contributed by atoms with Gasteiger partial charge in [-0.15, -0.1) is 11.6 Å². The molecule has 0 aliphatic rings. The summed E-state index contributed by atoms with van der Waals surface area (Å²) in [6.45, 7) is 4.02. The van der Waals surface area contributed by atoms with Crippen LogP contribution in [0.25, 0.3) is 0 Å². The van der Waals surface area contributed by atoms with Crippen molar-refractivity contribution >= 4 is 23.2 Å². The van der Waals surface area contributed by atoms with Gasteiger partial charge in [0.2, 0.25) is 0 Å². The molecule has 0 spiro atoms. The SMILES string of the molecule is C/C(=C\Cl)C(C)CCl. The van der Waals surface area contributed by atoms with Gasteiger partial charge in [0.15, 0.2) is 0 Å². The molecule has 0 amide bonds. The third-order valence-corrected chi connectivity index (χ3v) is 1.99. The van der Waals surface area contributed by atoms with Gasteiger partial charge in [-0.25, -0.2) is 0 Å². The number of halogens is 2. The minimum atomic E-state index is 0.411. The Bertz CT molecular complexity index is 86.5. The van der Waals surface area contributed by atoms with Crippen LogP contribution < -0.4 is 0 Å². The largest absolute Gasteiger partial charge is 0.126 e. The summed E-state index contributed by atoms with van der Waals surface area (Å²) < 4.78 is 0. The van der Waals surface area contributed by atoms with E-state index in [1.165, 1.54) is 0 Å². The van der Waals surface area contributed by atoms with E-state index in [1.807, 2.05) is 13.8 Å². The van der Waals surface area contributed by atoms with E-state index < -0.39 is 0 Å². The van der Waals surface area contributed by atoms with Crippen LogP contribution >= 0.6 is 23.2 Å². The standard InChI is InChI=1S/C6H10Cl2/c1-5(3-7)6(2)4-8/h3,6H,4H2,1-2H3/b5-3+. The molecule has 0 saturated heterocycles. The number of hydrogen-bond donors (Lipinski definition) is 0. The first-order valence-electron chi connectivity index (χ1n) is 2.55. The lowest BCUT2D eigenvalue weighted by Crippen LogP contribution is -1.95. The maximum absolute atomic E-state index is 5.53. The molecule has 0 fully saturated rings. The average molecular weight is 153 g/mol. The van der Waals surface area contributed by atoms with Crippen LogP contribution in [0, 0.1) is 5.92 Å². The highest BCUT2D eigenvalue weighted by atomic mass is 35.5. The highest BCUT2D eigenvalue weighted by molar-refractivity contribution is 6.25. The molecule has 8 heavy (non-hydrogen) atoms. The van der Waals surface area contributed by atoms with Crippen molar-refractivity contribution in [1.82, 2.24) is 0 Å². The molecule has 0 radical (unpaired) electrons. The highest BCUT2D eigenvalue weighted by Gasteiger charge is 1.99. The topological polar surface area (TPSA) is 0 Å².